The maximum atomic E-state index is 12.1. The zero-order valence-corrected chi connectivity index (χ0v) is 19.3. The highest BCUT2D eigenvalue weighted by Crippen LogP contribution is 2.18. The van der Waals surface area contributed by atoms with Gasteiger partial charge < -0.3 is 15.4 Å². The molecule has 2 heterocycles. The molecule has 1 amide bonds. The molecule has 0 saturated carbocycles. The van der Waals surface area contributed by atoms with Crippen LogP contribution in [0, 0.1) is 5.92 Å². The highest BCUT2D eigenvalue weighted by Gasteiger charge is 2.22. The van der Waals surface area contributed by atoms with Crippen LogP contribution in [0.4, 0.5) is 0 Å². The highest BCUT2D eigenvalue weighted by atomic mass is 35.5. The van der Waals surface area contributed by atoms with Crippen molar-refractivity contribution in [1.82, 2.24) is 15.5 Å². The van der Waals surface area contributed by atoms with Gasteiger partial charge in [0.25, 0.3) is 0 Å². The van der Waals surface area contributed by atoms with Crippen LogP contribution in [0.25, 0.3) is 0 Å². The largest absolute Gasteiger partial charge is 0.373 e. The number of morpholine rings is 1. The molecule has 0 radical (unpaired) electrons. The summed E-state index contributed by atoms with van der Waals surface area (Å²) in [6.07, 6.45) is 4.67. The van der Waals surface area contributed by atoms with E-state index < -0.39 is 0 Å². The molecule has 2 unspecified atom stereocenters. The molecule has 2 aliphatic rings. The predicted octanol–water partition coefficient (Wildman–Crippen LogP) is 3.54. The van der Waals surface area contributed by atoms with Gasteiger partial charge in [-0.1, -0.05) is 24.3 Å². The minimum absolute atomic E-state index is 0. The number of nitrogens with zero attached hydrogens (tertiary/aromatic N) is 1. The second-order valence-electron chi connectivity index (χ2n) is 8.28. The van der Waals surface area contributed by atoms with Crippen LogP contribution < -0.4 is 10.6 Å². The van der Waals surface area contributed by atoms with Gasteiger partial charge >= 0.3 is 0 Å². The summed E-state index contributed by atoms with van der Waals surface area (Å²) in [5.41, 5.74) is 2.48. The molecule has 2 aliphatic heterocycles. The van der Waals surface area contributed by atoms with Gasteiger partial charge in [0, 0.05) is 32.6 Å². The Kier molecular flexibility index (Phi) is 12.1. The maximum Gasteiger partial charge on any atom is 0.220 e. The standard InChI is InChI=1S/C22H35N3O2.2ClH/c1-17-14-25(15-18(2)27-17)16-21-5-3-20(4-6-21)13-24-22(26)8-7-19-9-11-23-12-10-19;;/h3-6,17-19,23H,7-16H2,1-2H3,(H,24,26);2*1H. The quantitative estimate of drug-likeness (QED) is 0.673. The molecule has 0 bridgehead atoms. The van der Waals surface area contributed by atoms with Gasteiger partial charge in [0.05, 0.1) is 12.2 Å². The monoisotopic (exact) mass is 445 g/mol. The molecule has 5 nitrogen and oxygen atoms in total. The topological polar surface area (TPSA) is 53.6 Å². The average molecular weight is 446 g/mol. The third-order valence-corrected chi connectivity index (χ3v) is 5.65. The number of carbonyl (C=O) groups excluding carboxylic acids is 1. The fraction of sp³-hybridized carbons (Fsp3) is 0.682. The van der Waals surface area contributed by atoms with Gasteiger partial charge in [-0.15, -0.1) is 24.8 Å². The number of amides is 1. The van der Waals surface area contributed by atoms with Crippen LogP contribution in [0.3, 0.4) is 0 Å². The van der Waals surface area contributed by atoms with Gasteiger partial charge in [-0.3, -0.25) is 9.69 Å². The first-order valence-electron chi connectivity index (χ1n) is 10.5. The molecule has 3 rings (SSSR count). The number of ether oxygens (including phenoxy) is 1. The van der Waals surface area contributed by atoms with E-state index >= 15 is 0 Å². The van der Waals surface area contributed by atoms with Crippen LogP contribution in [0.5, 0.6) is 0 Å². The Morgan fingerprint density at radius 1 is 1.07 bits per heavy atom. The van der Waals surface area contributed by atoms with Crippen molar-refractivity contribution in [1.29, 1.82) is 0 Å². The zero-order chi connectivity index (χ0) is 19.1. The summed E-state index contributed by atoms with van der Waals surface area (Å²) in [6.45, 7) is 10.0. The first kappa shape index (κ1) is 26.2. The molecule has 7 heteroatoms. The van der Waals surface area contributed by atoms with Crippen molar-refractivity contribution in [2.45, 2.75) is 64.8 Å². The molecule has 29 heavy (non-hydrogen) atoms. The fourth-order valence-corrected chi connectivity index (χ4v) is 4.23. The number of rotatable bonds is 7. The normalized spacial score (nSPS) is 23.0. The Morgan fingerprint density at radius 3 is 2.28 bits per heavy atom. The molecule has 0 aromatic heterocycles. The van der Waals surface area contributed by atoms with Crippen LogP contribution >= 0.6 is 24.8 Å². The van der Waals surface area contributed by atoms with Gasteiger partial charge in [0.1, 0.15) is 0 Å². The molecule has 0 aliphatic carbocycles. The van der Waals surface area contributed by atoms with Crippen LogP contribution in [0.15, 0.2) is 24.3 Å². The summed E-state index contributed by atoms with van der Waals surface area (Å²) >= 11 is 0. The molecule has 0 spiro atoms. The van der Waals surface area contributed by atoms with E-state index in [0.717, 1.165) is 44.7 Å². The van der Waals surface area contributed by atoms with Crippen molar-refractivity contribution < 1.29 is 9.53 Å². The molecular weight excluding hydrogens is 409 g/mol. The summed E-state index contributed by atoms with van der Waals surface area (Å²) in [5.74, 6) is 0.885. The zero-order valence-electron chi connectivity index (χ0n) is 17.7. The third kappa shape index (κ3) is 9.22. The van der Waals surface area contributed by atoms with Crippen molar-refractivity contribution in [3.63, 3.8) is 0 Å². The number of benzene rings is 1. The number of hydrogen-bond acceptors (Lipinski definition) is 4. The number of piperidine rings is 1. The first-order chi connectivity index (χ1) is 13.1. The molecule has 2 saturated heterocycles. The van der Waals surface area contributed by atoms with Crippen molar-refractivity contribution in [3.05, 3.63) is 35.4 Å². The van der Waals surface area contributed by atoms with Gasteiger partial charge in [0.2, 0.25) is 5.91 Å². The van der Waals surface area contributed by atoms with E-state index in [4.69, 9.17) is 4.74 Å². The van der Waals surface area contributed by atoms with Gasteiger partial charge in [0.15, 0.2) is 0 Å². The van der Waals surface area contributed by atoms with E-state index in [-0.39, 0.29) is 30.7 Å². The maximum absolute atomic E-state index is 12.1. The average Bonchev–Trinajstić information content (AvgIpc) is 2.66. The second kappa shape index (κ2) is 13.5. The lowest BCUT2D eigenvalue weighted by Gasteiger charge is -2.35. The lowest BCUT2D eigenvalue weighted by atomic mass is 9.93. The van der Waals surface area contributed by atoms with Gasteiger partial charge in [-0.05, 0) is 63.2 Å². The smallest absolute Gasteiger partial charge is 0.220 e. The predicted molar refractivity (Wildman–Crippen MR) is 123 cm³/mol. The summed E-state index contributed by atoms with van der Waals surface area (Å²) < 4.78 is 5.80. The lowest BCUT2D eigenvalue weighted by molar-refractivity contribution is -0.121. The van der Waals surface area contributed by atoms with Crippen LogP contribution in [-0.2, 0) is 22.6 Å². The van der Waals surface area contributed by atoms with E-state index in [9.17, 15) is 4.79 Å². The Labute approximate surface area is 188 Å². The molecule has 2 N–H and O–H groups in total. The molecular formula is C22H37Cl2N3O2. The van der Waals surface area contributed by atoms with E-state index in [0.29, 0.717) is 31.1 Å². The highest BCUT2D eigenvalue weighted by molar-refractivity contribution is 5.85. The van der Waals surface area contributed by atoms with Crippen molar-refractivity contribution in [2.75, 3.05) is 26.2 Å². The molecule has 2 fully saturated rings. The van der Waals surface area contributed by atoms with E-state index in [1.165, 1.54) is 18.4 Å². The fourth-order valence-electron chi connectivity index (χ4n) is 4.23. The summed E-state index contributed by atoms with van der Waals surface area (Å²) in [6, 6.07) is 8.63. The number of nitrogens with one attached hydrogen (secondary N) is 2. The van der Waals surface area contributed by atoms with E-state index in [1.807, 2.05) is 0 Å². The first-order valence-corrected chi connectivity index (χ1v) is 10.5. The third-order valence-electron chi connectivity index (χ3n) is 5.65. The minimum Gasteiger partial charge on any atom is -0.373 e. The van der Waals surface area contributed by atoms with Crippen LogP contribution in [0.1, 0.15) is 50.7 Å². The SMILES string of the molecule is CC1CN(Cc2ccc(CNC(=O)CCC3CCNCC3)cc2)CC(C)O1.Cl.Cl. The van der Waals surface area contributed by atoms with Crippen molar-refractivity contribution >= 4 is 30.7 Å². The molecule has 166 valence electrons. The van der Waals surface area contributed by atoms with Crippen molar-refractivity contribution in [3.8, 4) is 0 Å². The Bertz CT molecular complexity index is 584. The summed E-state index contributed by atoms with van der Waals surface area (Å²) in [5, 5.41) is 6.44. The number of carbonyl (C=O) groups is 1. The minimum atomic E-state index is 0. The van der Waals surface area contributed by atoms with E-state index in [1.54, 1.807) is 0 Å². The van der Waals surface area contributed by atoms with Crippen LogP contribution in [0.2, 0.25) is 0 Å². The van der Waals surface area contributed by atoms with Gasteiger partial charge in [-0.25, -0.2) is 0 Å². The lowest BCUT2D eigenvalue weighted by Crippen LogP contribution is -2.44. The Balaban J connectivity index is 0.00000210. The molecule has 1 aromatic carbocycles. The second-order valence-corrected chi connectivity index (χ2v) is 8.28. The Hall–Kier alpha value is -0.850. The Morgan fingerprint density at radius 2 is 1.66 bits per heavy atom. The summed E-state index contributed by atoms with van der Waals surface area (Å²) in [4.78, 5) is 14.6. The van der Waals surface area contributed by atoms with Crippen LogP contribution in [-0.4, -0.2) is 49.2 Å². The molecule has 1 aromatic rings. The number of hydrogen-bond donors (Lipinski definition) is 2. The summed E-state index contributed by atoms with van der Waals surface area (Å²) in [7, 11) is 0. The van der Waals surface area contributed by atoms with Crippen molar-refractivity contribution in [2.24, 2.45) is 5.92 Å². The van der Waals surface area contributed by atoms with Gasteiger partial charge in [-0.2, -0.15) is 0 Å². The number of halogens is 2. The van der Waals surface area contributed by atoms with E-state index in [2.05, 4.69) is 53.6 Å². The molecule has 2 atom stereocenters.